The van der Waals surface area contributed by atoms with Crippen LogP contribution >= 0.6 is 27.5 Å². The van der Waals surface area contributed by atoms with Crippen LogP contribution in [-0.2, 0) is 6.54 Å². The van der Waals surface area contributed by atoms with E-state index in [1.54, 1.807) is 0 Å². The standard InChI is InChI=1S/C13H17BrClF2N/c14-11-5-6-12(16)10(13(11)17)9-18-8-4-2-1-3-7-15/h5-6,18H,1-4,7-9H2. The van der Waals surface area contributed by atoms with Crippen LogP contribution in [0.2, 0.25) is 0 Å². The number of nitrogens with one attached hydrogen (secondary N) is 1. The average Bonchev–Trinajstić information content (AvgIpc) is 2.36. The van der Waals surface area contributed by atoms with Gasteiger partial charge in [0.05, 0.1) is 4.47 Å². The Balaban J connectivity index is 2.29. The predicted molar refractivity (Wildman–Crippen MR) is 75.0 cm³/mol. The van der Waals surface area contributed by atoms with Crippen LogP contribution in [0.3, 0.4) is 0 Å². The van der Waals surface area contributed by atoms with Crippen molar-refractivity contribution in [3.63, 3.8) is 0 Å². The van der Waals surface area contributed by atoms with Gasteiger partial charge < -0.3 is 5.32 Å². The second-order valence-corrected chi connectivity index (χ2v) is 5.33. The molecule has 1 N–H and O–H groups in total. The maximum absolute atomic E-state index is 13.6. The van der Waals surface area contributed by atoms with Crippen LogP contribution < -0.4 is 5.32 Å². The maximum atomic E-state index is 13.6. The van der Waals surface area contributed by atoms with Crippen LogP contribution in [0.4, 0.5) is 8.78 Å². The summed E-state index contributed by atoms with van der Waals surface area (Å²) in [4.78, 5) is 0. The minimum atomic E-state index is -0.523. The number of unbranched alkanes of at least 4 members (excludes halogenated alkanes) is 3. The Morgan fingerprint density at radius 1 is 1.11 bits per heavy atom. The molecule has 0 bridgehead atoms. The van der Waals surface area contributed by atoms with E-state index in [9.17, 15) is 8.78 Å². The van der Waals surface area contributed by atoms with E-state index in [0.29, 0.717) is 10.4 Å². The smallest absolute Gasteiger partial charge is 0.144 e. The third-order valence-corrected chi connectivity index (χ3v) is 3.56. The fourth-order valence-corrected chi connectivity index (χ4v) is 2.20. The van der Waals surface area contributed by atoms with Crippen LogP contribution in [0.15, 0.2) is 16.6 Å². The molecule has 0 aliphatic heterocycles. The molecule has 0 saturated heterocycles. The Bertz CT molecular complexity index is 374. The van der Waals surface area contributed by atoms with Gasteiger partial charge in [-0.1, -0.05) is 12.8 Å². The van der Waals surface area contributed by atoms with Crippen LogP contribution in [0.1, 0.15) is 31.2 Å². The fourth-order valence-electron chi connectivity index (χ4n) is 1.64. The van der Waals surface area contributed by atoms with Gasteiger partial charge in [-0.25, -0.2) is 8.78 Å². The van der Waals surface area contributed by atoms with E-state index < -0.39 is 11.6 Å². The molecular weight excluding hydrogens is 324 g/mol. The van der Waals surface area contributed by atoms with Crippen molar-refractivity contribution in [3.8, 4) is 0 Å². The summed E-state index contributed by atoms with van der Waals surface area (Å²) in [5, 5.41) is 3.05. The molecule has 0 atom stereocenters. The highest BCUT2D eigenvalue weighted by Crippen LogP contribution is 2.21. The van der Waals surface area contributed by atoms with E-state index in [0.717, 1.165) is 32.2 Å². The number of hydrogen-bond donors (Lipinski definition) is 1. The molecule has 18 heavy (non-hydrogen) atoms. The Labute approximate surface area is 120 Å². The predicted octanol–water partition coefficient (Wildman–Crippen LogP) is 4.62. The van der Waals surface area contributed by atoms with E-state index >= 15 is 0 Å². The van der Waals surface area contributed by atoms with Crippen molar-refractivity contribution < 1.29 is 8.78 Å². The van der Waals surface area contributed by atoms with Crippen LogP contribution in [0, 0.1) is 11.6 Å². The highest BCUT2D eigenvalue weighted by molar-refractivity contribution is 9.10. The van der Waals surface area contributed by atoms with E-state index in [2.05, 4.69) is 21.2 Å². The average molecular weight is 341 g/mol. The Kier molecular flexibility index (Phi) is 7.79. The first-order chi connectivity index (χ1) is 8.66. The third-order valence-electron chi connectivity index (χ3n) is 2.68. The second kappa shape index (κ2) is 8.83. The summed E-state index contributed by atoms with van der Waals surface area (Å²) in [6.45, 7) is 0.973. The SMILES string of the molecule is Fc1ccc(Br)c(F)c1CNCCCCCCCl. The number of alkyl halides is 1. The van der Waals surface area contributed by atoms with Crippen molar-refractivity contribution in [1.29, 1.82) is 0 Å². The Hall–Kier alpha value is -0.190. The molecule has 0 amide bonds. The minimum absolute atomic E-state index is 0.0881. The van der Waals surface area contributed by atoms with Crippen molar-refractivity contribution in [3.05, 3.63) is 33.8 Å². The van der Waals surface area contributed by atoms with Gasteiger partial charge in [-0.2, -0.15) is 0 Å². The summed E-state index contributed by atoms with van der Waals surface area (Å²) < 4.78 is 27.3. The lowest BCUT2D eigenvalue weighted by Gasteiger charge is -2.08. The zero-order valence-corrected chi connectivity index (χ0v) is 12.5. The van der Waals surface area contributed by atoms with E-state index in [-0.39, 0.29) is 12.1 Å². The minimum Gasteiger partial charge on any atom is -0.312 e. The molecule has 0 radical (unpaired) electrons. The van der Waals surface area contributed by atoms with Gasteiger partial charge in [-0.3, -0.25) is 0 Å². The summed E-state index contributed by atoms with van der Waals surface area (Å²) in [5.74, 6) is -0.336. The van der Waals surface area contributed by atoms with E-state index in [1.165, 1.54) is 12.1 Å². The molecule has 0 aliphatic rings. The van der Waals surface area contributed by atoms with Gasteiger partial charge in [-0.05, 0) is 47.4 Å². The first-order valence-electron chi connectivity index (χ1n) is 6.06. The lowest BCUT2D eigenvalue weighted by molar-refractivity contribution is 0.524. The Morgan fingerprint density at radius 2 is 1.83 bits per heavy atom. The topological polar surface area (TPSA) is 12.0 Å². The molecule has 1 aromatic rings. The largest absolute Gasteiger partial charge is 0.312 e. The Morgan fingerprint density at radius 3 is 2.56 bits per heavy atom. The first kappa shape index (κ1) is 15.9. The number of hydrogen-bond acceptors (Lipinski definition) is 1. The lowest BCUT2D eigenvalue weighted by Crippen LogP contribution is -2.17. The molecule has 0 unspecified atom stereocenters. The normalized spacial score (nSPS) is 10.9. The summed E-state index contributed by atoms with van der Waals surface area (Å²) in [6.07, 6.45) is 4.21. The van der Waals surface area contributed by atoms with E-state index in [1.807, 2.05) is 0 Å². The molecule has 102 valence electrons. The van der Waals surface area contributed by atoms with Crippen molar-refractivity contribution in [2.75, 3.05) is 12.4 Å². The first-order valence-corrected chi connectivity index (χ1v) is 7.38. The van der Waals surface area contributed by atoms with Crippen molar-refractivity contribution >= 4 is 27.5 Å². The fraction of sp³-hybridized carbons (Fsp3) is 0.538. The molecule has 0 heterocycles. The molecule has 0 aromatic heterocycles. The molecule has 0 aliphatic carbocycles. The van der Waals surface area contributed by atoms with Crippen LogP contribution in [0.25, 0.3) is 0 Å². The molecular formula is C13H17BrClF2N. The van der Waals surface area contributed by atoms with Crippen molar-refractivity contribution in [2.24, 2.45) is 0 Å². The zero-order valence-electron chi connectivity index (χ0n) is 10.1. The van der Waals surface area contributed by atoms with Gasteiger partial charge in [0.25, 0.3) is 0 Å². The van der Waals surface area contributed by atoms with Gasteiger partial charge in [0.1, 0.15) is 11.6 Å². The zero-order chi connectivity index (χ0) is 13.4. The van der Waals surface area contributed by atoms with Crippen LogP contribution in [0.5, 0.6) is 0 Å². The maximum Gasteiger partial charge on any atom is 0.144 e. The molecule has 0 spiro atoms. The van der Waals surface area contributed by atoms with Gasteiger partial charge >= 0.3 is 0 Å². The summed E-state index contributed by atoms with van der Waals surface area (Å²) in [7, 11) is 0. The molecule has 0 saturated carbocycles. The van der Waals surface area contributed by atoms with Crippen LogP contribution in [-0.4, -0.2) is 12.4 Å². The number of benzene rings is 1. The highest BCUT2D eigenvalue weighted by atomic mass is 79.9. The second-order valence-electron chi connectivity index (χ2n) is 4.10. The summed E-state index contributed by atoms with van der Waals surface area (Å²) in [5.41, 5.74) is 0.0881. The summed E-state index contributed by atoms with van der Waals surface area (Å²) in [6, 6.07) is 2.64. The molecule has 0 fully saturated rings. The highest BCUT2D eigenvalue weighted by Gasteiger charge is 2.11. The van der Waals surface area contributed by atoms with Gasteiger partial charge in [-0.15, -0.1) is 11.6 Å². The van der Waals surface area contributed by atoms with Gasteiger partial charge in [0.15, 0.2) is 0 Å². The van der Waals surface area contributed by atoms with E-state index in [4.69, 9.17) is 11.6 Å². The molecule has 1 nitrogen and oxygen atoms in total. The monoisotopic (exact) mass is 339 g/mol. The number of rotatable bonds is 8. The summed E-state index contributed by atoms with van der Waals surface area (Å²) >= 11 is 8.62. The third kappa shape index (κ3) is 5.21. The van der Waals surface area contributed by atoms with Gasteiger partial charge in [0.2, 0.25) is 0 Å². The number of halogens is 4. The molecule has 1 aromatic carbocycles. The molecule has 5 heteroatoms. The van der Waals surface area contributed by atoms with Gasteiger partial charge in [0, 0.05) is 18.0 Å². The quantitative estimate of drug-likeness (QED) is 0.414. The van der Waals surface area contributed by atoms with Crippen molar-refractivity contribution in [1.82, 2.24) is 5.32 Å². The van der Waals surface area contributed by atoms with Crippen molar-refractivity contribution in [2.45, 2.75) is 32.2 Å². The molecule has 1 rings (SSSR count). The lowest BCUT2D eigenvalue weighted by atomic mass is 10.2.